The number of halogens is 1. The monoisotopic (exact) mass is 349 g/mol. The van der Waals surface area contributed by atoms with Gasteiger partial charge in [0.15, 0.2) is 0 Å². The van der Waals surface area contributed by atoms with Crippen molar-refractivity contribution >= 4 is 28.5 Å². The van der Waals surface area contributed by atoms with Crippen LogP contribution in [0.25, 0.3) is 0 Å². The van der Waals surface area contributed by atoms with Crippen LogP contribution in [0, 0.1) is 3.57 Å². The zero-order chi connectivity index (χ0) is 12.8. The van der Waals surface area contributed by atoms with Crippen molar-refractivity contribution in [3.63, 3.8) is 0 Å². The van der Waals surface area contributed by atoms with Gasteiger partial charge in [-0.25, -0.2) is 0 Å². The molecule has 1 rings (SSSR count). The Labute approximate surface area is 115 Å². The van der Waals surface area contributed by atoms with Crippen molar-refractivity contribution in [2.45, 2.75) is 13.0 Å². The zero-order valence-corrected chi connectivity index (χ0v) is 12.3. The van der Waals surface area contributed by atoms with Gasteiger partial charge in [0.1, 0.15) is 5.75 Å². The van der Waals surface area contributed by atoms with Crippen molar-refractivity contribution in [3.8, 4) is 5.75 Å². The Balaban J connectivity index is 2.75. The molecule has 1 N–H and O–H groups in total. The Bertz CT molecular complexity index is 395. The summed E-state index contributed by atoms with van der Waals surface area (Å²) in [6.07, 6.45) is 0. The number of amides is 1. The fraction of sp³-hybridized carbons (Fsp3) is 0.417. The second kappa shape index (κ2) is 6.80. The van der Waals surface area contributed by atoms with Gasteiger partial charge < -0.3 is 14.8 Å². The summed E-state index contributed by atoms with van der Waals surface area (Å²) in [5, 5.41) is 2.87. The molecule has 1 atom stereocenters. The molecule has 1 aromatic rings. The molecule has 0 spiro atoms. The average Bonchev–Trinajstić information content (AvgIpc) is 2.28. The molecule has 0 bridgehead atoms. The Kier molecular flexibility index (Phi) is 5.70. The van der Waals surface area contributed by atoms with Crippen LogP contribution in [0.4, 0.5) is 0 Å². The fourth-order valence-electron chi connectivity index (χ4n) is 1.40. The van der Waals surface area contributed by atoms with Crippen LogP contribution in [0.2, 0.25) is 0 Å². The predicted octanol–water partition coefficient (Wildman–Crippen LogP) is 2.06. The van der Waals surface area contributed by atoms with E-state index in [9.17, 15) is 4.79 Å². The third-order valence-electron chi connectivity index (χ3n) is 2.22. The molecule has 0 fully saturated rings. The first kappa shape index (κ1) is 14.2. The Morgan fingerprint density at radius 1 is 1.47 bits per heavy atom. The van der Waals surface area contributed by atoms with Gasteiger partial charge in [-0.3, -0.25) is 4.79 Å². The van der Waals surface area contributed by atoms with Gasteiger partial charge in [0.05, 0.1) is 19.3 Å². The van der Waals surface area contributed by atoms with Gasteiger partial charge in [-0.2, -0.15) is 0 Å². The van der Waals surface area contributed by atoms with Gasteiger partial charge in [0.25, 0.3) is 5.91 Å². The second-order valence-corrected chi connectivity index (χ2v) is 4.84. The van der Waals surface area contributed by atoms with E-state index in [1.54, 1.807) is 26.4 Å². The first-order valence-electron chi connectivity index (χ1n) is 5.21. The highest BCUT2D eigenvalue weighted by Gasteiger charge is 2.13. The molecule has 0 aromatic heterocycles. The van der Waals surface area contributed by atoms with Crippen LogP contribution in [0.15, 0.2) is 18.2 Å². The van der Waals surface area contributed by atoms with E-state index in [4.69, 9.17) is 9.47 Å². The smallest absolute Gasteiger partial charge is 0.252 e. The van der Waals surface area contributed by atoms with Crippen LogP contribution < -0.4 is 10.1 Å². The second-order valence-electron chi connectivity index (χ2n) is 3.68. The summed E-state index contributed by atoms with van der Waals surface area (Å²) in [5.74, 6) is 0.650. The van der Waals surface area contributed by atoms with E-state index in [1.807, 2.05) is 13.0 Å². The SMILES string of the molecule is COC[C@@H](C)NC(=O)c1ccc(OC)cc1I. The van der Waals surface area contributed by atoms with Crippen molar-refractivity contribution in [3.05, 3.63) is 27.3 Å². The van der Waals surface area contributed by atoms with Crippen LogP contribution in [0.3, 0.4) is 0 Å². The molecule has 0 aliphatic heterocycles. The Hall–Kier alpha value is -0.820. The summed E-state index contributed by atoms with van der Waals surface area (Å²) < 4.78 is 10.9. The van der Waals surface area contributed by atoms with E-state index in [0.29, 0.717) is 12.2 Å². The largest absolute Gasteiger partial charge is 0.497 e. The lowest BCUT2D eigenvalue weighted by Crippen LogP contribution is -2.35. The summed E-state index contributed by atoms with van der Waals surface area (Å²) in [7, 11) is 3.21. The van der Waals surface area contributed by atoms with Gasteiger partial charge in [0.2, 0.25) is 0 Å². The third kappa shape index (κ3) is 4.16. The van der Waals surface area contributed by atoms with Crippen LogP contribution >= 0.6 is 22.6 Å². The molecule has 4 nitrogen and oxygen atoms in total. The topological polar surface area (TPSA) is 47.6 Å². The number of nitrogens with one attached hydrogen (secondary N) is 1. The molecular weight excluding hydrogens is 333 g/mol. The molecule has 0 aliphatic carbocycles. The lowest BCUT2D eigenvalue weighted by atomic mass is 10.2. The van der Waals surface area contributed by atoms with Crippen LogP contribution in [-0.2, 0) is 4.74 Å². The predicted molar refractivity (Wildman–Crippen MR) is 74.5 cm³/mol. The van der Waals surface area contributed by atoms with Crippen molar-refractivity contribution in [2.24, 2.45) is 0 Å². The number of hydrogen-bond acceptors (Lipinski definition) is 3. The standard InChI is InChI=1S/C12H16INO3/c1-8(7-16-2)14-12(15)10-5-4-9(17-3)6-11(10)13/h4-6,8H,7H2,1-3H3,(H,14,15)/t8-/m1/s1. The summed E-state index contributed by atoms with van der Waals surface area (Å²) in [4.78, 5) is 11.9. The number of ether oxygens (including phenoxy) is 2. The van der Waals surface area contributed by atoms with E-state index in [-0.39, 0.29) is 11.9 Å². The van der Waals surface area contributed by atoms with E-state index in [0.717, 1.165) is 9.32 Å². The molecular formula is C12H16INO3. The Morgan fingerprint density at radius 2 is 2.18 bits per heavy atom. The van der Waals surface area contributed by atoms with E-state index in [2.05, 4.69) is 27.9 Å². The van der Waals surface area contributed by atoms with Gasteiger partial charge in [-0.05, 0) is 47.7 Å². The number of methoxy groups -OCH3 is 2. The molecule has 1 amide bonds. The quantitative estimate of drug-likeness (QED) is 0.828. The lowest BCUT2D eigenvalue weighted by Gasteiger charge is -2.13. The minimum absolute atomic E-state index is 0.00889. The Morgan fingerprint density at radius 3 is 2.71 bits per heavy atom. The van der Waals surface area contributed by atoms with Crippen molar-refractivity contribution < 1.29 is 14.3 Å². The van der Waals surface area contributed by atoms with Crippen molar-refractivity contribution in [1.82, 2.24) is 5.32 Å². The first-order valence-corrected chi connectivity index (χ1v) is 6.29. The molecule has 94 valence electrons. The number of carbonyl (C=O) groups excluding carboxylic acids is 1. The first-order chi connectivity index (χ1) is 8.08. The molecule has 0 saturated carbocycles. The van der Waals surface area contributed by atoms with Crippen LogP contribution in [-0.4, -0.2) is 32.8 Å². The number of rotatable bonds is 5. The molecule has 0 radical (unpaired) electrons. The van der Waals surface area contributed by atoms with E-state index >= 15 is 0 Å². The molecule has 17 heavy (non-hydrogen) atoms. The number of hydrogen-bond donors (Lipinski definition) is 1. The van der Waals surface area contributed by atoms with Gasteiger partial charge in [-0.1, -0.05) is 0 Å². The normalized spacial score (nSPS) is 12.0. The van der Waals surface area contributed by atoms with Gasteiger partial charge in [0, 0.05) is 16.7 Å². The highest BCUT2D eigenvalue weighted by atomic mass is 127. The van der Waals surface area contributed by atoms with Crippen LogP contribution in [0.1, 0.15) is 17.3 Å². The summed E-state index contributed by atoms with van der Waals surface area (Å²) in [5.41, 5.74) is 0.648. The molecule has 0 heterocycles. The fourth-order valence-corrected chi connectivity index (χ4v) is 2.13. The van der Waals surface area contributed by atoms with E-state index in [1.165, 1.54) is 0 Å². The lowest BCUT2D eigenvalue weighted by molar-refractivity contribution is 0.0904. The summed E-state index contributed by atoms with van der Waals surface area (Å²) in [6, 6.07) is 5.36. The zero-order valence-electron chi connectivity index (χ0n) is 10.1. The maximum atomic E-state index is 11.9. The highest BCUT2D eigenvalue weighted by Crippen LogP contribution is 2.19. The molecule has 0 saturated heterocycles. The molecule has 0 aliphatic rings. The maximum Gasteiger partial charge on any atom is 0.252 e. The van der Waals surface area contributed by atoms with Gasteiger partial charge in [-0.15, -0.1) is 0 Å². The minimum Gasteiger partial charge on any atom is -0.497 e. The number of carbonyl (C=O) groups is 1. The van der Waals surface area contributed by atoms with Crippen molar-refractivity contribution in [2.75, 3.05) is 20.8 Å². The average molecular weight is 349 g/mol. The summed E-state index contributed by atoms with van der Waals surface area (Å²) >= 11 is 2.12. The third-order valence-corrected chi connectivity index (χ3v) is 3.11. The highest BCUT2D eigenvalue weighted by molar-refractivity contribution is 14.1. The number of benzene rings is 1. The molecule has 5 heteroatoms. The minimum atomic E-state index is -0.0957. The van der Waals surface area contributed by atoms with Crippen molar-refractivity contribution in [1.29, 1.82) is 0 Å². The van der Waals surface area contributed by atoms with Crippen LogP contribution in [0.5, 0.6) is 5.75 Å². The molecule has 0 unspecified atom stereocenters. The maximum absolute atomic E-state index is 11.9. The summed E-state index contributed by atoms with van der Waals surface area (Å²) in [6.45, 7) is 2.40. The van der Waals surface area contributed by atoms with E-state index < -0.39 is 0 Å². The van der Waals surface area contributed by atoms with Gasteiger partial charge >= 0.3 is 0 Å². The molecule has 1 aromatic carbocycles.